The fourth-order valence-electron chi connectivity index (χ4n) is 4.13. The van der Waals surface area contributed by atoms with E-state index in [4.69, 9.17) is 11.6 Å². The number of sulfonamides is 1. The van der Waals surface area contributed by atoms with E-state index < -0.39 is 39.3 Å². The Morgan fingerprint density at radius 3 is 2.28 bits per heavy atom. The Kier molecular flexibility index (Phi) is 9.66. The highest BCUT2D eigenvalue weighted by Crippen LogP contribution is 2.28. The maximum atomic E-state index is 13.9. The Bertz CT molecular complexity index is 1470. The van der Waals surface area contributed by atoms with Gasteiger partial charge in [0.15, 0.2) is 0 Å². The van der Waals surface area contributed by atoms with Gasteiger partial charge in [0.2, 0.25) is 21.8 Å². The number of anilines is 1. The fourth-order valence-corrected chi connectivity index (χ4v) is 5.24. The van der Waals surface area contributed by atoms with Crippen molar-refractivity contribution in [2.24, 2.45) is 0 Å². The van der Waals surface area contributed by atoms with Gasteiger partial charge in [-0.15, -0.1) is 0 Å². The molecule has 0 aromatic heterocycles. The van der Waals surface area contributed by atoms with Crippen molar-refractivity contribution in [3.8, 4) is 0 Å². The minimum atomic E-state index is -4.06. The zero-order valence-corrected chi connectivity index (χ0v) is 23.3. The third-order valence-corrected chi connectivity index (χ3v) is 7.47. The van der Waals surface area contributed by atoms with E-state index >= 15 is 0 Å². The zero-order chi connectivity index (χ0) is 28.7. The van der Waals surface area contributed by atoms with Crippen LogP contribution in [-0.4, -0.2) is 55.9 Å². The maximum absolute atomic E-state index is 13.9. The van der Waals surface area contributed by atoms with Crippen molar-refractivity contribution in [2.75, 3.05) is 24.2 Å². The number of likely N-dealkylation sites (N-methyl/N-ethyl adjacent to an activating group) is 1. The first kappa shape index (κ1) is 29.6. The lowest BCUT2D eigenvalue weighted by Gasteiger charge is -2.33. The molecule has 0 aliphatic rings. The lowest BCUT2D eigenvalue weighted by Crippen LogP contribution is -2.53. The second kappa shape index (κ2) is 12.7. The van der Waals surface area contributed by atoms with Crippen LogP contribution >= 0.6 is 11.6 Å². The second-order valence-electron chi connectivity index (χ2n) is 8.97. The Morgan fingerprint density at radius 2 is 1.69 bits per heavy atom. The van der Waals surface area contributed by atoms with Crippen molar-refractivity contribution in [1.29, 1.82) is 0 Å². The molecule has 0 radical (unpaired) electrons. The quantitative estimate of drug-likeness (QED) is 0.275. The molecule has 10 nitrogen and oxygen atoms in total. The number of non-ortho nitro benzene ring substituents is 1. The highest BCUT2D eigenvalue weighted by molar-refractivity contribution is 7.92. The summed E-state index contributed by atoms with van der Waals surface area (Å²) in [5.41, 5.74) is 1.54. The third kappa shape index (κ3) is 7.78. The van der Waals surface area contributed by atoms with Crippen LogP contribution in [0.4, 0.5) is 11.4 Å². The van der Waals surface area contributed by atoms with Gasteiger partial charge >= 0.3 is 0 Å². The third-order valence-electron chi connectivity index (χ3n) is 6.11. The summed E-state index contributed by atoms with van der Waals surface area (Å²) in [4.78, 5) is 39.1. The number of nitrogens with zero attached hydrogens (tertiary/aromatic N) is 3. The number of aryl methyl sites for hydroxylation is 1. The molecule has 0 bridgehead atoms. The largest absolute Gasteiger partial charge is 0.357 e. The molecule has 1 atom stereocenters. The summed E-state index contributed by atoms with van der Waals surface area (Å²) in [5, 5.41) is 14.4. The molecule has 39 heavy (non-hydrogen) atoms. The zero-order valence-electron chi connectivity index (χ0n) is 21.7. The molecule has 0 fully saturated rings. The number of nitro groups is 1. The first-order chi connectivity index (χ1) is 18.4. The monoisotopic (exact) mass is 572 g/mol. The molecule has 0 heterocycles. The van der Waals surface area contributed by atoms with Gasteiger partial charge in [-0.25, -0.2) is 8.42 Å². The van der Waals surface area contributed by atoms with Crippen LogP contribution in [0.3, 0.4) is 0 Å². The molecule has 0 spiro atoms. The number of hydrogen-bond acceptors (Lipinski definition) is 6. The van der Waals surface area contributed by atoms with Gasteiger partial charge in [0.1, 0.15) is 12.6 Å². The van der Waals surface area contributed by atoms with E-state index in [2.05, 4.69) is 5.32 Å². The Hall–Kier alpha value is -3.96. The molecule has 0 aliphatic heterocycles. The van der Waals surface area contributed by atoms with Crippen molar-refractivity contribution in [1.82, 2.24) is 10.2 Å². The molecule has 0 saturated carbocycles. The maximum Gasteiger partial charge on any atom is 0.271 e. The number of halogens is 1. The van der Waals surface area contributed by atoms with Crippen molar-refractivity contribution in [3.05, 3.63) is 105 Å². The summed E-state index contributed by atoms with van der Waals surface area (Å²) in [6, 6.07) is 18.7. The van der Waals surface area contributed by atoms with Crippen LogP contribution in [0.25, 0.3) is 0 Å². The van der Waals surface area contributed by atoms with E-state index in [0.29, 0.717) is 16.1 Å². The average Bonchev–Trinajstić information content (AvgIpc) is 2.89. The van der Waals surface area contributed by atoms with Gasteiger partial charge in [0.05, 0.1) is 16.9 Å². The summed E-state index contributed by atoms with van der Waals surface area (Å²) in [5.74, 6) is -1.11. The highest BCUT2D eigenvalue weighted by Gasteiger charge is 2.33. The first-order valence-corrected chi connectivity index (χ1v) is 14.2. The number of benzene rings is 3. The van der Waals surface area contributed by atoms with Crippen LogP contribution < -0.4 is 9.62 Å². The predicted molar refractivity (Wildman–Crippen MR) is 150 cm³/mol. The summed E-state index contributed by atoms with van der Waals surface area (Å²) in [6.45, 7) is 0.883. The fraction of sp³-hybridized carbons (Fsp3) is 0.259. The van der Waals surface area contributed by atoms with E-state index in [-0.39, 0.29) is 24.3 Å². The van der Waals surface area contributed by atoms with E-state index in [1.807, 2.05) is 30.3 Å². The highest BCUT2D eigenvalue weighted by atomic mass is 35.5. The number of carbonyl (C=O) groups is 2. The van der Waals surface area contributed by atoms with E-state index in [0.717, 1.165) is 22.2 Å². The number of carbonyl (C=O) groups excluding carboxylic acids is 2. The number of nitrogens with one attached hydrogen (secondary N) is 1. The van der Waals surface area contributed by atoms with Gasteiger partial charge < -0.3 is 10.2 Å². The van der Waals surface area contributed by atoms with E-state index in [9.17, 15) is 28.1 Å². The van der Waals surface area contributed by atoms with Crippen LogP contribution in [0.15, 0.2) is 72.8 Å². The van der Waals surface area contributed by atoms with Gasteiger partial charge in [-0.05, 0) is 35.7 Å². The van der Waals surface area contributed by atoms with Gasteiger partial charge in [-0.3, -0.25) is 24.0 Å². The number of nitro benzene ring substituents is 1. The number of rotatable bonds is 11. The number of hydrogen-bond donors (Lipinski definition) is 1. The average molecular weight is 573 g/mol. The van der Waals surface area contributed by atoms with E-state index in [1.165, 1.54) is 24.1 Å². The van der Waals surface area contributed by atoms with Gasteiger partial charge in [0, 0.05) is 37.2 Å². The van der Waals surface area contributed by atoms with E-state index in [1.54, 1.807) is 31.2 Å². The van der Waals surface area contributed by atoms with Crippen molar-refractivity contribution in [2.45, 2.75) is 25.9 Å². The molecule has 3 aromatic carbocycles. The lowest BCUT2D eigenvalue weighted by molar-refractivity contribution is -0.384. The van der Waals surface area contributed by atoms with Gasteiger partial charge in [-0.1, -0.05) is 60.1 Å². The SMILES string of the molecule is CNC(=O)C(Cc1ccccc1)N(Cc1cccc(Cl)c1)C(=O)CN(c1cc([N+](=O)[O-])ccc1C)S(C)(=O)=O. The predicted octanol–water partition coefficient (Wildman–Crippen LogP) is 3.71. The summed E-state index contributed by atoms with van der Waals surface area (Å²) < 4.78 is 26.6. The van der Waals surface area contributed by atoms with Gasteiger partial charge in [-0.2, -0.15) is 0 Å². The topological polar surface area (TPSA) is 130 Å². The summed E-state index contributed by atoms with van der Waals surface area (Å²) in [7, 11) is -2.60. The molecule has 1 N–H and O–H groups in total. The molecule has 3 aromatic rings. The van der Waals surface area contributed by atoms with Crippen LogP contribution in [0.1, 0.15) is 16.7 Å². The second-order valence-corrected chi connectivity index (χ2v) is 11.3. The molecule has 3 rings (SSSR count). The normalized spacial score (nSPS) is 11.9. The standard InChI is InChI=1S/C27H29ClN4O6S/c1-19-12-13-23(32(35)36)16-24(19)31(39(3,37)38)18-26(33)30(17-21-10-7-11-22(28)14-21)25(27(34)29-2)15-20-8-5-4-6-9-20/h4-14,16,25H,15,17-18H2,1-3H3,(H,29,34). The van der Waals surface area contributed by atoms with Gasteiger partial charge in [0.25, 0.3) is 5.69 Å². The minimum absolute atomic E-state index is 0.00214. The molecule has 0 saturated heterocycles. The van der Waals surface area contributed by atoms with Crippen LogP contribution in [0.5, 0.6) is 0 Å². The Labute approximate surface area is 232 Å². The Balaban J connectivity index is 2.08. The summed E-state index contributed by atoms with van der Waals surface area (Å²) in [6.07, 6.45) is 1.08. The van der Waals surface area contributed by atoms with Crippen molar-refractivity contribution < 1.29 is 22.9 Å². The lowest BCUT2D eigenvalue weighted by atomic mass is 10.0. The number of amides is 2. The minimum Gasteiger partial charge on any atom is -0.357 e. The molecule has 0 aliphatic carbocycles. The van der Waals surface area contributed by atoms with Crippen LogP contribution in [-0.2, 0) is 32.6 Å². The van der Waals surface area contributed by atoms with Crippen molar-refractivity contribution in [3.63, 3.8) is 0 Å². The molecule has 206 valence electrons. The molecule has 2 amide bonds. The van der Waals surface area contributed by atoms with Crippen molar-refractivity contribution >= 4 is 44.8 Å². The molecule has 1 unspecified atom stereocenters. The van der Waals surface area contributed by atoms with Crippen LogP contribution in [0.2, 0.25) is 5.02 Å². The van der Waals surface area contributed by atoms with Crippen LogP contribution in [0, 0.1) is 17.0 Å². The molecular formula is C27H29ClN4O6S. The smallest absolute Gasteiger partial charge is 0.271 e. The molecule has 12 heteroatoms. The Morgan fingerprint density at radius 1 is 1.03 bits per heavy atom. The first-order valence-electron chi connectivity index (χ1n) is 11.9. The summed E-state index contributed by atoms with van der Waals surface area (Å²) >= 11 is 6.16. The molecular weight excluding hydrogens is 544 g/mol.